The van der Waals surface area contributed by atoms with E-state index in [0.29, 0.717) is 11.3 Å². The summed E-state index contributed by atoms with van der Waals surface area (Å²) in [5, 5.41) is 6.75. The molecular weight excluding hydrogens is 608 g/mol. The van der Waals surface area contributed by atoms with Crippen LogP contribution in [-0.4, -0.2) is 24.6 Å². The molecule has 0 saturated carbocycles. The molecule has 0 saturated heterocycles. The fourth-order valence-electron chi connectivity index (χ4n) is 2.39. The first kappa shape index (κ1) is 22.2. The number of ether oxygens (including phenoxy) is 1. The van der Waals surface area contributed by atoms with Gasteiger partial charge in [0.1, 0.15) is 5.75 Å². The Hall–Kier alpha value is -2.47. The van der Waals surface area contributed by atoms with Gasteiger partial charge in [-0.3, -0.25) is 9.59 Å². The van der Waals surface area contributed by atoms with Crippen LogP contribution in [0.25, 0.3) is 0 Å². The summed E-state index contributed by atoms with van der Waals surface area (Å²) < 4.78 is 7.58. The predicted molar refractivity (Wildman–Crippen MR) is 134 cm³/mol. The third kappa shape index (κ3) is 7.10. The summed E-state index contributed by atoms with van der Waals surface area (Å²) in [6.07, 6.45) is 1.54. The van der Waals surface area contributed by atoms with E-state index in [9.17, 15) is 9.59 Å². The van der Waals surface area contributed by atoms with Crippen molar-refractivity contribution >= 4 is 68.9 Å². The van der Waals surface area contributed by atoms with E-state index in [1.165, 1.54) is 0 Å². The fraction of sp³-hybridized carbons (Fsp3) is 0.0455. The van der Waals surface area contributed by atoms with Crippen LogP contribution in [0.2, 0.25) is 0 Å². The molecule has 0 bridgehead atoms. The fourth-order valence-corrected chi connectivity index (χ4v) is 3.29. The molecule has 0 spiro atoms. The van der Waals surface area contributed by atoms with Crippen LogP contribution in [0.3, 0.4) is 0 Å². The second-order valence-corrected chi connectivity index (χ2v) is 8.61. The first-order valence-electron chi connectivity index (χ1n) is 8.87. The van der Waals surface area contributed by atoms with Gasteiger partial charge >= 0.3 is 0 Å². The van der Waals surface area contributed by atoms with Crippen molar-refractivity contribution in [3.05, 3.63) is 91.1 Å². The topological polar surface area (TPSA) is 79.8 Å². The smallest absolute Gasteiger partial charge is 0.271 e. The second-order valence-electron chi connectivity index (χ2n) is 6.12. The average Bonchev–Trinajstić information content (AvgIpc) is 2.75. The number of nitrogens with one attached hydrogen (secondary N) is 2. The van der Waals surface area contributed by atoms with Crippen molar-refractivity contribution in [2.75, 3.05) is 11.9 Å². The standard InChI is InChI=1S/C22H17I2N3O3/c23-17-6-8-19(9-7-17)26-21(28)14-30-20-10-4-15(5-11-20)13-25-27-22(29)16-2-1-3-18(24)12-16/h1-13H,14H2,(H,26,28)(H,27,29)/b25-13-. The molecule has 2 N–H and O–H groups in total. The normalized spacial score (nSPS) is 10.6. The Morgan fingerprint density at radius 3 is 2.37 bits per heavy atom. The lowest BCUT2D eigenvalue weighted by atomic mass is 10.2. The first-order valence-corrected chi connectivity index (χ1v) is 11.0. The number of halogens is 2. The highest BCUT2D eigenvalue weighted by molar-refractivity contribution is 14.1. The van der Waals surface area contributed by atoms with Crippen molar-refractivity contribution in [2.45, 2.75) is 0 Å². The van der Waals surface area contributed by atoms with E-state index in [2.05, 4.69) is 61.0 Å². The molecule has 0 aliphatic rings. The van der Waals surface area contributed by atoms with E-state index in [-0.39, 0.29) is 18.4 Å². The summed E-state index contributed by atoms with van der Waals surface area (Å²) in [6.45, 7) is -0.0919. The minimum Gasteiger partial charge on any atom is -0.484 e. The number of nitrogens with zero attached hydrogens (tertiary/aromatic N) is 1. The Morgan fingerprint density at radius 1 is 0.933 bits per heavy atom. The zero-order valence-corrected chi connectivity index (χ0v) is 20.0. The number of hydrogen-bond donors (Lipinski definition) is 2. The Bertz CT molecular complexity index is 1050. The lowest BCUT2D eigenvalue weighted by Gasteiger charge is -2.08. The zero-order valence-electron chi connectivity index (χ0n) is 15.6. The SMILES string of the molecule is O=C(COc1ccc(/C=N\NC(=O)c2cccc(I)c2)cc1)Nc1ccc(I)cc1. The number of rotatable bonds is 7. The minimum absolute atomic E-state index is 0.0919. The summed E-state index contributed by atoms with van der Waals surface area (Å²) in [7, 11) is 0. The Kier molecular flexibility index (Phi) is 8.20. The number of carbonyl (C=O) groups is 2. The first-order chi connectivity index (χ1) is 14.5. The number of anilines is 1. The second kappa shape index (κ2) is 11.1. The molecule has 0 heterocycles. The molecule has 0 unspecified atom stereocenters. The monoisotopic (exact) mass is 625 g/mol. The van der Waals surface area contributed by atoms with Crippen molar-refractivity contribution in [3.63, 3.8) is 0 Å². The zero-order chi connectivity index (χ0) is 21.3. The molecule has 3 rings (SSSR count). The van der Waals surface area contributed by atoms with Gasteiger partial charge in [0.25, 0.3) is 11.8 Å². The van der Waals surface area contributed by atoms with E-state index in [1.807, 2.05) is 36.4 Å². The van der Waals surface area contributed by atoms with Crippen molar-refractivity contribution in [1.82, 2.24) is 5.43 Å². The molecule has 152 valence electrons. The van der Waals surface area contributed by atoms with Gasteiger partial charge in [0, 0.05) is 18.4 Å². The molecule has 6 nitrogen and oxygen atoms in total. The van der Waals surface area contributed by atoms with Crippen LogP contribution < -0.4 is 15.5 Å². The molecule has 0 aliphatic heterocycles. The molecule has 0 fully saturated rings. The molecule has 8 heteroatoms. The number of amides is 2. The van der Waals surface area contributed by atoms with Gasteiger partial charge < -0.3 is 10.1 Å². The largest absolute Gasteiger partial charge is 0.484 e. The van der Waals surface area contributed by atoms with Crippen LogP contribution in [0, 0.1) is 7.14 Å². The van der Waals surface area contributed by atoms with Gasteiger partial charge in [-0.2, -0.15) is 5.10 Å². The molecule has 3 aromatic rings. The van der Waals surface area contributed by atoms with Crippen molar-refractivity contribution < 1.29 is 14.3 Å². The van der Waals surface area contributed by atoms with Gasteiger partial charge in [-0.25, -0.2) is 5.43 Å². The van der Waals surface area contributed by atoms with Gasteiger partial charge in [0.15, 0.2) is 6.61 Å². The lowest BCUT2D eigenvalue weighted by molar-refractivity contribution is -0.118. The van der Waals surface area contributed by atoms with E-state index >= 15 is 0 Å². The van der Waals surface area contributed by atoms with Crippen LogP contribution in [0.1, 0.15) is 15.9 Å². The summed E-state index contributed by atoms with van der Waals surface area (Å²) >= 11 is 4.35. The van der Waals surface area contributed by atoms with Gasteiger partial charge in [-0.15, -0.1) is 0 Å². The molecule has 3 aromatic carbocycles. The van der Waals surface area contributed by atoms with Crippen molar-refractivity contribution in [1.29, 1.82) is 0 Å². The van der Waals surface area contributed by atoms with E-state index in [1.54, 1.807) is 42.6 Å². The molecule has 30 heavy (non-hydrogen) atoms. The molecule has 2 amide bonds. The van der Waals surface area contributed by atoms with Gasteiger partial charge in [0.05, 0.1) is 6.21 Å². The maximum atomic E-state index is 12.1. The summed E-state index contributed by atoms with van der Waals surface area (Å²) in [4.78, 5) is 24.0. The number of hydrazone groups is 1. The number of hydrogen-bond acceptors (Lipinski definition) is 4. The molecular formula is C22H17I2N3O3. The van der Waals surface area contributed by atoms with E-state index < -0.39 is 0 Å². The van der Waals surface area contributed by atoms with Gasteiger partial charge in [0.2, 0.25) is 0 Å². The van der Waals surface area contributed by atoms with Crippen molar-refractivity contribution in [3.8, 4) is 5.75 Å². The highest BCUT2D eigenvalue weighted by Crippen LogP contribution is 2.13. The maximum absolute atomic E-state index is 12.1. The van der Waals surface area contributed by atoms with Crippen LogP contribution in [0.15, 0.2) is 77.9 Å². The predicted octanol–water partition coefficient (Wildman–Crippen LogP) is 4.68. The Balaban J connectivity index is 1.46. The molecule has 0 aliphatic carbocycles. The van der Waals surface area contributed by atoms with Gasteiger partial charge in [-0.05, 0) is 117 Å². The number of benzene rings is 3. The van der Waals surface area contributed by atoms with E-state index in [4.69, 9.17) is 4.74 Å². The average molecular weight is 625 g/mol. The van der Waals surface area contributed by atoms with Gasteiger partial charge in [-0.1, -0.05) is 6.07 Å². The molecule has 0 aromatic heterocycles. The van der Waals surface area contributed by atoms with Crippen molar-refractivity contribution in [2.24, 2.45) is 5.10 Å². The Morgan fingerprint density at radius 2 is 1.67 bits per heavy atom. The maximum Gasteiger partial charge on any atom is 0.271 e. The van der Waals surface area contributed by atoms with E-state index in [0.717, 1.165) is 18.4 Å². The molecule has 0 atom stereocenters. The van der Waals surface area contributed by atoms with Crippen LogP contribution in [0.4, 0.5) is 5.69 Å². The summed E-state index contributed by atoms with van der Waals surface area (Å²) in [5.74, 6) is 0.0526. The lowest BCUT2D eigenvalue weighted by Crippen LogP contribution is -2.20. The molecule has 0 radical (unpaired) electrons. The summed E-state index contributed by atoms with van der Waals surface area (Å²) in [5.41, 5.74) is 4.56. The van der Waals surface area contributed by atoms with Crippen LogP contribution >= 0.6 is 45.2 Å². The Labute approximate surface area is 201 Å². The quantitative estimate of drug-likeness (QED) is 0.228. The third-order valence-electron chi connectivity index (χ3n) is 3.84. The highest BCUT2D eigenvalue weighted by Gasteiger charge is 2.05. The van der Waals surface area contributed by atoms with Crippen LogP contribution in [0.5, 0.6) is 5.75 Å². The summed E-state index contributed by atoms with van der Waals surface area (Å²) in [6, 6.07) is 21.8. The highest BCUT2D eigenvalue weighted by atomic mass is 127. The number of carbonyl (C=O) groups excluding carboxylic acids is 2. The minimum atomic E-state index is -0.274. The van der Waals surface area contributed by atoms with Crippen LogP contribution in [-0.2, 0) is 4.79 Å². The third-order valence-corrected chi connectivity index (χ3v) is 5.23.